The number of carbonyl (C=O) groups excluding carboxylic acids is 1. The lowest BCUT2D eigenvalue weighted by atomic mass is 10.0. The molecule has 144 valence electrons. The lowest BCUT2D eigenvalue weighted by Gasteiger charge is -2.10. The van der Waals surface area contributed by atoms with Crippen molar-refractivity contribution in [1.29, 1.82) is 0 Å². The van der Waals surface area contributed by atoms with E-state index >= 15 is 0 Å². The summed E-state index contributed by atoms with van der Waals surface area (Å²) < 4.78 is 13.3. The van der Waals surface area contributed by atoms with Gasteiger partial charge in [-0.05, 0) is 49.2 Å². The second-order valence-electron chi connectivity index (χ2n) is 6.70. The average Bonchev–Trinajstić information content (AvgIpc) is 2.72. The molecule has 0 aliphatic carbocycles. The molecule has 1 amide bonds. The van der Waals surface area contributed by atoms with Crippen LogP contribution in [0, 0.1) is 5.82 Å². The molecule has 2 aromatic carbocycles. The molecule has 0 unspecified atom stereocenters. The van der Waals surface area contributed by atoms with Crippen molar-refractivity contribution < 1.29 is 9.18 Å². The first-order chi connectivity index (χ1) is 13.6. The molecule has 0 aliphatic rings. The van der Waals surface area contributed by atoms with Crippen LogP contribution < -0.4 is 5.43 Å². The zero-order valence-electron chi connectivity index (χ0n) is 16.2. The van der Waals surface area contributed by atoms with Crippen LogP contribution in [0.5, 0.6) is 0 Å². The third-order valence-electron chi connectivity index (χ3n) is 4.49. The third-order valence-corrected chi connectivity index (χ3v) is 4.49. The summed E-state index contributed by atoms with van der Waals surface area (Å²) >= 11 is 0. The van der Waals surface area contributed by atoms with Gasteiger partial charge in [0, 0.05) is 16.7 Å². The van der Waals surface area contributed by atoms with E-state index in [1.54, 1.807) is 18.2 Å². The van der Waals surface area contributed by atoms with Crippen molar-refractivity contribution in [3.05, 3.63) is 66.0 Å². The van der Waals surface area contributed by atoms with Crippen LogP contribution >= 0.6 is 0 Å². The lowest BCUT2D eigenvalue weighted by Crippen LogP contribution is -2.20. The highest BCUT2D eigenvalue weighted by atomic mass is 19.1. The molecule has 0 saturated carbocycles. The van der Waals surface area contributed by atoms with Crippen LogP contribution in [0.1, 0.15) is 49.9 Å². The van der Waals surface area contributed by atoms with Crippen LogP contribution in [0.15, 0.2) is 59.7 Å². The number of rotatable bonds is 7. The standard InChI is InChI=1S/C23H24FN3O/c1-3-7-18(8-4-2)26-27-23(28)20-15-22(16-11-13-17(24)14-12-16)25-21-10-6-5-9-19(20)21/h5-6,9-15H,3-4,7-8H2,1-2H3,(H,27,28). The van der Waals surface area contributed by atoms with Crippen LogP contribution in [-0.4, -0.2) is 16.6 Å². The minimum absolute atomic E-state index is 0.272. The molecule has 1 heterocycles. The van der Waals surface area contributed by atoms with E-state index in [1.165, 1.54) is 12.1 Å². The predicted octanol–water partition coefficient (Wildman–Crippen LogP) is 5.73. The van der Waals surface area contributed by atoms with Crippen molar-refractivity contribution in [2.24, 2.45) is 5.10 Å². The number of pyridine rings is 1. The molecule has 0 fully saturated rings. The molecular weight excluding hydrogens is 353 g/mol. The fraction of sp³-hybridized carbons (Fsp3) is 0.261. The van der Waals surface area contributed by atoms with E-state index in [-0.39, 0.29) is 11.7 Å². The summed E-state index contributed by atoms with van der Waals surface area (Å²) in [6, 6.07) is 15.3. The summed E-state index contributed by atoms with van der Waals surface area (Å²) in [6.07, 6.45) is 3.71. The summed E-state index contributed by atoms with van der Waals surface area (Å²) in [5.41, 5.74) is 6.29. The number of nitrogens with one attached hydrogen (secondary N) is 1. The minimum Gasteiger partial charge on any atom is -0.267 e. The van der Waals surface area contributed by atoms with Crippen molar-refractivity contribution in [3.8, 4) is 11.3 Å². The second-order valence-corrected chi connectivity index (χ2v) is 6.70. The SMILES string of the molecule is CCCC(CCC)=NNC(=O)c1cc(-c2ccc(F)cc2)nc2ccccc12. The first-order valence-corrected chi connectivity index (χ1v) is 9.63. The van der Waals surface area contributed by atoms with Gasteiger partial charge in [0.05, 0.1) is 16.8 Å². The van der Waals surface area contributed by atoms with Gasteiger partial charge in [0.25, 0.3) is 5.91 Å². The maximum absolute atomic E-state index is 13.3. The molecular formula is C23H24FN3O. The van der Waals surface area contributed by atoms with Crippen LogP contribution in [0.4, 0.5) is 4.39 Å². The van der Waals surface area contributed by atoms with Gasteiger partial charge in [0.2, 0.25) is 0 Å². The summed E-state index contributed by atoms with van der Waals surface area (Å²) in [7, 11) is 0. The Hall–Kier alpha value is -3.08. The second kappa shape index (κ2) is 9.22. The van der Waals surface area contributed by atoms with Gasteiger partial charge in [-0.15, -0.1) is 0 Å². The molecule has 1 aromatic heterocycles. The number of halogens is 1. The minimum atomic E-state index is -0.309. The topological polar surface area (TPSA) is 54.4 Å². The number of benzene rings is 2. The molecule has 3 rings (SSSR count). The van der Waals surface area contributed by atoms with Gasteiger partial charge in [-0.3, -0.25) is 4.79 Å². The summed E-state index contributed by atoms with van der Waals surface area (Å²) in [4.78, 5) is 17.5. The zero-order chi connectivity index (χ0) is 19.9. The zero-order valence-corrected chi connectivity index (χ0v) is 16.2. The van der Waals surface area contributed by atoms with Gasteiger partial charge in [-0.2, -0.15) is 5.10 Å². The summed E-state index contributed by atoms with van der Waals surface area (Å²) in [5.74, 6) is -0.581. The highest BCUT2D eigenvalue weighted by Gasteiger charge is 2.14. The van der Waals surface area contributed by atoms with Gasteiger partial charge >= 0.3 is 0 Å². The molecule has 4 nitrogen and oxygen atoms in total. The van der Waals surface area contributed by atoms with E-state index in [4.69, 9.17) is 0 Å². The quantitative estimate of drug-likeness (QED) is 0.422. The number of hydrogen-bond acceptors (Lipinski definition) is 3. The van der Waals surface area contributed by atoms with Gasteiger partial charge in [0.1, 0.15) is 5.82 Å². The fourth-order valence-corrected chi connectivity index (χ4v) is 3.14. The number of carbonyl (C=O) groups is 1. The maximum atomic E-state index is 13.3. The number of amides is 1. The van der Waals surface area contributed by atoms with Crippen molar-refractivity contribution in [1.82, 2.24) is 10.4 Å². The lowest BCUT2D eigenvalue weighted by molar-refractivity contribution is 0.0956. The normalized spacial score (nSPS) is 10.7. The fourth-order valence-electron chi connectivity index (χ4n) is 3.14. The Bertz CT molecular complexity index is 988. The van der Waals surface area contributed by atoms with E-state index in [1.807, 2.05) is 24.3 Å². The summed E-state index contributed by atoms with van der Waals surface area (Å²) in [6.45, 7) is 4.19. The van der Waals surface area contributed by atoms with Crippen LogP contribution in [0.2, 0.25) is 0 Å². The molecule has 0 saturated heterocycles. The Kier molecular flexibility index (Phi) is 6.48. The van der Waals surface area contributed by atoms with Crippen LogP contribution in [0.25, 0.3) is 22.2 Å². The highest BCUT2D eigenvalue weighted by molar-refractivity contribution is 6.07. The maximum Gasteiger partial charge on any atom is 0.272 e. The highest BCUT2D eigenvalue weighted by Crippen LogP contribution is 2.25. The number of hydrogen-bond donors (Lipinski definition) is 1. The van der Waals surface area contributed by atoms with Crippen molar-refractivity contribution in [3.63, 3.8) is 0 Å². The van der Waals surface area contributed by atoms with E-state index in [9.17, 15) is 9.18 Å². The Morgan fingerprint density at radius 3 is 2.39 bits per heavy atom. The molecule has 1 N–H and O–H groups in total. The smallest absolute Gasteiger partial charge is 0.267 e. The molecule has 28 heavy (non-hydrogen) atoms. The molecule has 5 heteroatoms. The molecule has 0 radical (unpaired) electrons. The van der Waals surface area contributed by atoms with Gasteiger partial charge in [0.15, 0.2) is 0 Å². The molecule has 3 aromatic rings. The monoisotopic (exact) mass is 377 g/mol. The first-order valence-electron chi connectivity index (χ1n) is 9.63. The first kappa shape index (κ1) is 19.7. The number of fused-ring (bicyclic) bond motifs is 1. The Labute approximate surface area is 164 Å². The Morgan fingerprint density at radius 2 is 1.71 bits per heavy atom. The third kappa shape index (κ3) is 4.60. The van der Waals surface area contributed by atoms with Crippen LogP contribution in [0.3, 0.4) is 0 Å². The van der Waals surface area contributed by atoms with E-state index < -0.39 is 0 Å². The van der Waals surface area contributed by atoms with Crippen molar-refractivity contribution in [2.45, 2.75) is 39.5 Å². The Morgan fingerprint density at radius 1 is 1.04 bits per heavy atom. The summed E-state index contributed by atoms with van der Waals surface area (Å²) in [5, 5.41) is 5.11. The van der Waals surface area contributed by atoms with Gasteiger partial charge < -0.3 is 0 Å². The van der Waals surface area contributed by atoms with E-state index in [0.717, 1.165) is 42.3 Å². The van der Waals surface area contributed by atoms with Crippen molar-refractivity contribution >= 4 is 22.5 Å². The predicted molar refractivity (Wildman–Crippen MR) is 112 cm³/mol. The molecule has 0 bridgehead atoms. The van der Waals surface area contributed by atoms with E-state index in [0.29, 0.717) is 16.8 Å². The number of aromatic nitrogens is 1. The van der Waals surface area contributed by atoms with Crippen LogP contribution in [-0.2, 0) is 0 Å². The van der Waals surface area contributed by atoms with E-state index in [2.05, 4.69) is 29.4 Å². The number of nitrogens with zero attached hydrogens (tertiary/aromatic N) is 2. The average molecular weight is 377 g/mol. The van der Waals surface area contributed by atoms with Gasteiger partial charge in [-0.1, -0.05) is 44.9 Å². The largest absolute Gasteiger partial charge is 0.272 e. The number of hydrazone groups is 1. The molecule has 0 atom stereocenters. The molecule has 0 spiro atoms. The van der Waals surface area contributed by atoms with Gasteiger partial charge in [-0.25, -0.2) is 14.8 Å². The van der Waals surface area contributed by atoms with Crippen molar-refractivity contribution in [2.75, 3.05) is 0 Å². The molecule has 0 aliphatic heterocycles. The number of para-hydroxylation sites is 1. The Balaban J connectivity index is 2.00.